The number of fused-ring (bicyclic) bond motifs is 1. The van der Waals surface area contributed by atoms with Crippen LogP contribution in [0, 0.1) is 5.82 Å². The molecule has 0 aliphatic rings. The summed E-state index contributed by atoms with van der Waals surface area (Å²) in [5.74, 6) is 0.896. The third kappa shape index (κ3) is 4.91. The number of likely N-dealkylation sites (N-methyl/N-ethyl adjacent to an activating group) is 1. The topological polar surface area (TPSA) is 87.7 Å². The molecule has 3 heterocycles. The van der Waals surface area contributed by atoms with Crippen LogP contribution in [-0.4, -0.2) is 39.6 Å². The maximum atomic E-state index is 13.8. The molecule has 4 rings (SSSR count). The highest BCUT2D eigenvalue weighted by Crippen LogP contribution is 2.34. The summed E-state index contributed by atoms with van der Waals surface area (Å²) in [5, 5.41) is 11.6. The van der Waals surface area contributed by atoms with Gasteiger partial charge in [-0.2, -0.15) is 4.52 Å². The molecule has 10 heteroatoms. The third-order valence-corrected chi connectivity index (χ3v) is 5.55. The number of hydrogen-bond donors (Lipinski definition) is 2. The molecule has 0 fully saturated rings. The number of nitrogens with one attached hydrogen (secondary N) is 2. The van der Waals surface area contributed by atoms with Gasteiger partial charge in [-0.3, -0.25) is 4.79 Å². The van der Waals surface area contributed by atoms with Crippen molar-refractivity contribution in [3.05, 3.63) is 54.2 Å². The lowest BCUT2D eigenvalue weighted by Gasteiger charge is -2.22. The second-order valence-corrected chi connectivity index (χ2v) is 9.42. The van der Waals surface area contributed by atoms with Crippen LogP contribution in [0.1, 0.15) is 26.5 Å². The van der Waals surface area contributed by atoms with E-state index in [0.717, 1.165) is 0 Å². The minimum atomic E-state index is -0.325. The third-order valence-electron chi connectivity index (χ3n) is 4.53. The Labute approximate surface area is 189 Å². The van der Waals surface area contributed by atoms with E-state index in [1.807, 2.05) is 26.8 Å². The lowest BCUT2D eigenvalue weighted by Crippen LogP contribution is -2.34. The maximum Gasteiger partial charge on any atom is 0.239 e. The average molecular weight is 457 g/mol. The molecule has 1 amide bonds. The fourth-order valence-electron chi connectivity index (χ4n) is 3.13. The monoisotopic (exact) mass is 456 g/mol. The molecule has 0 saturated heterocycles. The van der Waals surface area contributed by atoms with Crippen LogP contribution >= 0.6 is 11.3 Å². The Morgan fingerprint density at radius 2 is 2.09 bits per heavy atom. The average Bonchev–Trinajstić information content (AvgIpc) is 3.43. The highest BCUT2D eigenvalue weighted by molar-refractivity contribution is 7.20. The van der Waals surface area contributed by atoms with Crippen molar-refractivity contribution in [2.75, 3.05) is 23.8 Å². The predicted molar refractivity (Wildman–Crippen MR) is 123 cm³/mol. The molecular weight excluding hydrogens is 431 g/mol. The van der Waals surface area contributed by atoms with Crippen molar-refractivity contribution >= 4 is 33.2 Å². The number of amides is 1. The van der Waals surface area contributed by atoms with Crippen LogP contribution in [0.2, 0.25) is 0 Å². The fourth-order valence-corrected chi connectivity index (χ4v) is 4.00. The number of imidazole rings is 1. The number of carbonyl (C=O) groups is 1. The fraction of sp³-hybridized carbons (Fsp3) is 0.318. The van der Waals surface area contributed by atoms with Crippen LogP contribution in [0.3, 0.4) is 0 Å². The largest absolute Gasteiger partial charge is 0.467 e. The Hall–Kier alpha value is -3.40. The number of rotatable bonds is 7. The Morgan fingerprint density at radius 3 is 2.78 bits per heavy atom. The van der Waals surface area contributed by atoms with Gasteiger partial charge >= 0.3 is 0 Å². The van der Waals surface area contributed by atoms with Crippen LogP contribution in [0.15, 0.2) is 47.1 Å². The Morgan fingerprint density at radius 1 is 1.28 bits per heavy atom. The van der Waals surface area contributed by atoms with E-state index in [9.17, 15) is 9.18 Å². The van der Waals surface area contributed by atoms with Crippen molar-refractivity contribution in [3.63, 3.8) is 0 Å². The van der Waals surface area contributed by atoms with E-state index in [1.54, 1.807) is 40.9 Å². The van der Waals surface area contributed by atoms with Crippen molar-refractivity contribution in [1.29, 1.82) is 0 Å². The molecule has 0 saturated carbocycles. The number of anilines is 2. The summed E-state index contributed by atoms with van der Waals surface area (Å²) in [5.41, 5.74) is 1.03. The van der Waals surface area contributed by atoms with Crippen molar-refractivity contribution in [3.8, 4) is 11.3 Å². The van der Waals surface area contributed by atoms with E-state index < -0.39 is 0 Å². The van der Waals surface area contributed by atoms with Gasteiger partial charge in [0.25, 0.3) is 0 Å². The molecule has 0 aliphatic heterocycles. The molecule has 32 heavy (non-hydrogen) atoms. The van der Waals surface area contributed by atoms with Crippen LogP contribution in [0.4, 0.5) is 15.3 Å². The van der Waals surface area contributed by atoms with Gasteiger partial charge in [0.05, 0.1) is 19.4 Å². The normalized spacial score (nSPS) is 11.7. The first-order valence-electron chi connectivity index (χ1n) is 10.1. The molecule has 0 atom stereocenters. The van der Waals surface area contributed by atoms with Crippen LogP contribution in [0.5, 0.6) is 0 Å². The van der Waals surface area contributed by atoms with Gasteiger partial charge in [0.2, 0.25) is 16.0 Å². The molecule has 2 N–H and O–H groups in total. The maximum absolute atomic E-state index is 13.8. The van der Waals surface area contributed by atoms with Gasteiger partial charge < -0.3 is 20.0 Å². The van der Waals surface area contributed by atoms with Gasteiger partial charge in [-0.25, -0.2) is 9.37 Å². The van der Waals surface area contributed by atoms with Gasteiger partial charge in [0.15, 0.2) is 5.82 Å². The van der Waals surface area contributed by atoms with Gasteiger partial charge in [-0.05, 0) is 45.0 Å². The summed E-state index contributed by atoms with van der Waals surface area (Å²) >= 11 is 1.36. The summed E-state index contributed by atoms with van der Waals surface area (Å²) in [6.07, 6.45) is 1.57. The molecule has 0 aliphatic carbocycles. The number of nitrogens with zero attached hydrogens (tertiary/aromatic N) is 4. The number of carbonyl (C=O) groups excluding carboxylic acids is 1. The predicted octanol–water partition coefficient (Wildman–Crippen LogP) is 4.15. The van der Waals surface area contributed by atoms with Crippen molar-refractivity contribution < 1.29 is 13.6 Å². The molecule has 0 radical (unpaired) electrons. The molecule has 4 aromatic rings. The molecule has 0 unspecified atom stereocenters. The van der Waals surface area contributed by atoms with E-state index in [-0.39, 0.29) is 23.8 Å². The quantitative estimate of drug-likeness (QED) is 0.434. The van der Waals surface area contributed by atoms with E-state index in [1.165, 1.54) is 23.5 Å². The summed E-state index contributed by atoms with van der Waals surface area (Å²) in [6.45, 7) is 6.56. The molecule has 168 valence electrons. The van der Waals surface area contributed by atoms with E-state index in [2.05, 4.69) is 15.7 Å². The van der Waals surface area contributed by atoms with E-state index >= 15 is 0 Å². The Bertz CT molecular complexity index is 1230. The summed E-state index contributed by atoms with van der Waals surface area (Å²) < 4.78 is 20.8. The molecule has 0 spiro atoms. The highest BCUT2D eigenvalue weighted by atomic mass is 32.1. The molecule has 0 bridgehead atoms. The highest BCUT2D eigenvalue weighted by Gasteiger charge is 2.23. The van der Waals surface area contributed by atoms with Crippen LogP contribution in [-0.2, 0) is 11.3 Å². The van der Waals surface area contributed by atoms with Gasteiger partial charge in [0.1, 0.15) is 17.3 Å². The molecule has 8 nitrogen and oxygen atoms in total. The number of aromatic nitrogens is 3. The Kier molecular flexibility index (Phi) is 5.88. The lowest BCUT2D eigenvalue weighted by atomic mass is 10.1. The SMILES string of the molecule is CN(CC(=O)NCc1ccco1)c1nn2c(NC(C)(C)C)c(-c3cccc(F)c3)nc2s1. The first-order chi connectivity index (χ1) is 15.2. The number of hydrogen-bond acceptors (Lipinski definition) is 7. The second kappa shape index (κ2) is 8.62. The molecule has 1 aromatic carbocycles. The zero-order valence-corrected chi connectivity index (χ0v) is 19.2. The minimum absolute atomic E-state index is 0.135. The zero-order valence-electron chi connectivity index (χ0n) is 18.3. The lowest BCUT2D eigenvalue weighted by molar-refractivity contribution is -0.120. The zero-order chi connectivity index (χ0) is 22.9. The van der Waals surface area contributed by atoms with Crippen molar-refractivity contribution in [2.45, 2.75) is 32.9 Å². The summed E-state index contributed by atoms with van der Waals surface area (Å²) in [7, 11) is 1.80. The summed E-state index contributed by atoms with van der Waals surface area (Å²) in [6, 6.07) is 9.92. The number of benzene rings is 1. The summed E-state index contributed by atoms with van der Waals surface area (Å²) in [4.78, 5) is 19.4. The van der Waals surface area contributed by atoms with Crippen molar-refractivity contribution in [1.82, 2.24) is 19.9 Å². The van der Waals surface area contributed by atoms with E-state index in [4.69, 9.17) is 9.40 Å². The minimum Gasteiger partial charge on any atom is -0.467 e. The van der Waals surface area contributed by atoms with Crippen LogP contribution < -0.4 is 15.5 Å². The van der Waals surface area contributed by atoms with E-state index in [0.29, 0.717) is 39.5 Å². The van der Waals surface area contributed by atoms with Crippen LogP contribution in [0.25, 0.3) is 16.2 Å². The first kappa shape index (κ1) is 21.8. The first-order valence-corrected chi connectivity index (χ1v) is 11.0. The number of halogens is 1. The molecule has 3 aromatic heterocycles. The van der Waals surface area contributed by atoms with Crippen molar-refractivity contribution in [2.24, 2.45) is 0 Å². The number of furan rings is 1. The van der Waals surface area contributed by atoms with Gasteiger partial charge in [-0.1, -0.05) is 23.5 Å². The van der Waals surface area contributed by atoms with Gasteiger partial charge in [0, 0.05) is 18.2 Å². The standard InChI is InChI=1S/C22H25FN6O2S/c1-22(2,3)26-19-18(14-7-5-8-15(23)11-14)25-20-29(19)27-21(32-20)28(4)13-17(30)24-12-16-9-6-10-31-16/h5-11,26H,12-13H2,1-4H3,(H,24,30). The Balaban J connectivity index is 1.58. The smallest absolute Gasteiger partial charge is 0.239 e. The second-order valence-electron chi connectivity index (χ2n) is 8.49. The molecular formula is C22H25FN6O2S. The van der Waals surface area contributed by atoms with Gasteiger partial charge in [-0.15, -0.1) is 5.10 Å².